The quantitative estimate of drug-likeness (QED) is 0.259. The number of aryl methyl sites for hydroxylation is 1. The first-order valence-electron chi connectivity index (χ1n) is 13.8. The number of rotatable bonds is 5. The van der Waals surface area contributed by atoms with Crippen molar-refractivity contribution in [3.05, 3.63) is 136 Å². The lowest BCUT2D eigenvalue weighted by molar-refractivity contribution is -0.120. The van der Waals surface area contributed by atoms with E-state index in [-0.39, 0.29) is 23.0 Å². The molecule has 1 fully saturated rings. The third-order valence-corrected chi connectivity index (χ3v) is 8.20. The number of anilines is 1. The van der Waals surface area contributed by atoms with Gasteiger partial charge < -0.3 is 10.3 Å². The van der Waals surface area contributed by atoms with Crippen LogP contribution in [-0.2, 0) is 17.8 Å². The van der Waals surface area contributed by atoms with Crippen LogP contribution >= 0.6 is 0 Å². The maximum absolute atomic E-state index is 14.2. The van der Waals surface area contributed by atoms with E-state index in [0.717, 1.165) is 38.2 Å². The number of fused-ring (bicyclic) bond motifs is 4. The minimum atomic E-state index is -0.789. The molecule has 0 saturated carbocycles. The molecule has 3 heterocycles. The van der Waals surface area contributed by atoms with E-state index >= 15 is 0 Å². The number of halogens is 1. The normalized spacial score (nSPS) is 17.9. The zero-order chi connectivity index (χ0) is 29.0. The Balaban J connectivity index is 1.27. The van der Waals surface area contributed by atoms with Gasteiger partial charge in [-0.05, 0) is 53.9 Å². The van der Waals surface area contributed by atoms with Gasteiger partial charge in [-0.1, -0.05) is 72.3 Å². The number of carbonyl (C=O) groups is 3. The zero-order valence-corrected chi connectivity index (χ0v) is 22.8. The molecule has 2 aliphatic rings. The standard InChI is InChI=1S/C34H27FN4O3/c1-20-10-12-21(13-11-20)19-36-32(40)25-7-3-5-9-28(25)39-33(41)29-18-26-24-6-2-4-8-27(24)37-30(26)31(38(29)34(39)42)22-14-16-23(35)17-15-22/h2-17,29,31,37H,18-19H2,1H3,(H,36,40)/t29-,31?/m0/s1. The molecule has 4 amide bonds. The summed E-state index contributed by atoms with van der Waals surface area (Å²) in [4.78, 5) is 47.8. The summed E-state index contributed by atoms with van der Waals surface area (Å²) in [5.74, 6) is -1.18. The van der Waals surface area contributed by atoms with Crippen LogP contribution in [0.3, 0.4) is 0 Å². The maximum Gasteiger partial charge on any atom is 0.332 e. The molecule has 0 radical (unpaired) electrons. The summed E-state index contributed by atoms with van der Waals surface area (Å²) < 4.78 is 13.9. The van der Waals surface area contributed by atoms with Crippen molar-refractivity contribution in [2.45, 2.75) is 32.0 Å². The van der Waals surface area contributed by atoms with Gasteiger partial charge in [0.2, 0.25) is 0 Å². The van der Waals surface area contributed by atoms with Gasteiger partial charge in [0.25, 0.3) is 11.8 Å². The van der Waals surface area contributed by atoms with Crippen LogP contribution in [0, 0.1) is 12.7 Å². The Labute approximate surface area is 241 Å². The van der Waals surface area contributed by atoms with Crippen LogP contribution in [0.2, 0.25) is 0 Å². The molecule has 4 aromatic carbocycles. The molecule has 7 nitrogen and oxygen atoms in total. The third kappa shape index (κ3) is 4.15. The van der Waals surface area contributed by atoms with Crippen molar-refractivity contribution in [2.24, 2.45) is 0 Å². The Hall–Kier alpha value is -5.24. The van der Waals surface area contributed by atoms with Gasteiger partial charge in [0.15, 0.2) is 0 Å². The zero-order valence-electron chi connectivity index (χ0n) is 22.8. The van der Waals surface area contributed by atoms with Gasteiger partial charge in [-0.15, -0.1) is 0 Å². The SMILES string of the molecule is Cc1ccc(CNC(=O)c2ccccc2N2C(=O)[C@@H]3Cc4c([nH]c5ccccc45)C(c4ccc(F)cc4)N3C2=O)cc1. The van der Waals surface area contributed by atoms with Gasteiger partial charge in [-0.3, -0.25) is 14.5 Å². The van der Waals surface area contributed by atoms with Crippen LogP contribution in [0.5, 0.6) is 0 Å². The molecule has 0 spiro atoms. The molecule has 208 valence electrons. The first-order valence-corrected chi connectivity index (χ1v) is 13.8. The number of aromatic nitrogens is 1. The molecule has 1 saturated heterocycles. The minimum Gasteiger partial charge on any atom is -0.356 e. The van der Waals surface area contributed by atoms with Gasteiger partial charge in [0.05, 0.1) is 11.3 Å². The second-order valence-corrected chi connectivity index (χ2v) is 10.8. The smallest absolute Gasteiger partial charge is 0.332 e. The number of benzene rings is 4. The molecule has 0 aliphatic carbocycles. The monoisotopic (exact) mass is 558 g/mol. The fraction of sp³-hybridized carbons (Fsp3) is 0.147. The molecule has 42 heavy (non-hydrogen) atoms. The lowest BCUT2D eigenvalue weighted by Gasteiger charge is -2.36. The van der Waals surface area contributed by atoms with E-state index < -0.39 is 24.0 Å². The number of urea groups is 1. The van der Waals surface area contributed by atoms with Crippen molar-refractivity contribution >= 4 is 34.4 Å². The highest BCUT2D eigenvalue weighted by Crippen LogP contribution is 2.45. The number of hydrogen-bond acceptors (Lipinski definition) is 3. The summed E-state index contributed by atoms with van der Waals surface area (Å²) in [5.41, 5.74) is 5.86. The maximum atomic E-state index is 14.2. The van der Waals surface area contributed by atoms with Gasteiger partial charge >= 0.3 is 6.03 Å². The fourth-order valence-corrected chi connectivity index (χ4v) is 6.13. The second kappa shape index (κ2) is 9.99. The Bertz CT molecular complexity index is 1860. The minimum absolute atomic E-state index is 0.230. The van der Waals surface area contributed by atoms with Gasteiger partial charge in [-0.2, -0.15) is 0 Å². The van der Waals surface area contributed by atoms with Crippen LogP contribution in [0.4, 0.5) is 14.9 Å². The van der Waals surface area contributed by atoms with E-state index in [0.29, 0.717) is 18.5 Å². The molecule has 1 aromatic heterocycles. The van der Waals surface area contributed by atoms with Gasteiger partial charge in [-0.25, -0.2) is 14.1 Å². The topological polar surface area (TPSA) is 85.5 Å². The highest BCUT2D eigenvalue weighted by molar-refractivity contribution is 6.24. The van der Waals surface area contributed by atoms with Crippen LogP contribution in [0.15, 0.2) is 97.1 Å². The van der Waals surface area contributed by atoms with E-state index in [1.54, 1.807) is 41.3 Å². The summed E-state index contributed by atoms with van der Waals surface area (Å²) in [6.45, 7) is 2.30. The van der Waals surface area contributed by atoms with Crippen molar-refractivity contribution in [3.8, 4) is 0 Å². The first kappa shape index (κ1) is 25.7. The van der Waals surface area contributed by atoms with Gasteiger partial charge in [0, 0.05) is 29.6 Å². The molecule has 0 bridgehead atoms. The third-order valence-electron chi connectivity index (χ3n) is 8.20. The van der Waals surface area contributed by atoms with Crippen molar-refractivity contribution in [1.82, 2.24) is 15.2 Å². The molecular formula is C34H27FN4O3. The number of nitrogens with zero attached hydrogens (tertiary/aromatic N) is 2. The van der Waals surface area contributed by atoms with Crippen LogP contribution in [-0.4, -0.2) is 33.8 Å². The molecule has 1 unspecified atom stereocenters. The first-order chi connectivity index (χ1) is 20.4. The number of H-pyrrole nitrogens is 1. The number of amides is 4. The Morgan fingerprint density at radius 3 is 2.43 bits per heavy atom. The van der Waals surface area contributed by atoms with E-state index in [1.807, 2.05) is 55.5 Å². The summed E-state index contributed by atoms with van der Waals surface area (Å²) in [7, 11) is 0. The average molecular weight is 559 g/mol. The van der Waals surface area contributed by atoms with E-state index in [9.17, 15) is 18.8 Å². The molecule has 5 aromatic rings. The number of aromatic amines is 1. The highest BCUT2D eigenvalue weighted by atomic mass is 19.1. The van der Waals surface area contributed by atoms with Crippen molar-refractivity contribution in [3.63, 3.8) is 0 Å². The van der Waals surface area contributed by atoms with Crippen LogP contribution in [0.25, 0.3) is 10.9 Å². The van der Waals surface area contributed by atoms with Gasteiger partial charge in [0.1, 0.15) is 17.9 Å². The summed E-state index contributed by atoms with van der Waals surface area (Å²) in [6.07, 6.45) is 0.319. The highest BCUT2D eigenvalue weighted by Gasteiger charge is 2.53. The van der Waals surface area contributed by atoms with Crippen molar-refractivity contribution < 1.29 is 18.8 Å². The van der Waals surface area contributed by atoms with Crippen LogP contribution < -0.4 is 10.2 Å². The lowest BCUT2D eigenvalue weighted by atomic mass is 9.89. The largest absolute Gasteiger partial charge is 0.356 e. The predicted molar refractivity (Wildman–Crippen MR) is 158 cm³/mol. The Morgan fingerprint density at radius 1 is 0.929 bits per heavy atom. The predicted octanol–water partition coefficient (Wildman–Crippen LogP) is 6.03. The van der Waals surface area contributed by atoms with E-state index in [4.69, 9.17) is 0 Å². The van der Waals surface area contributed by atoms with Crippen molar-refractivity contribution in [1.29, 1.82) is 0 Å². The number of imide groups is 1. The molecule has 7 rings (SSSR count). The molecule has 2 atom stereocenters. The van der Waals surface area contributed by atoms with Crippen molar-refractivity contribution in [2.75, 3.05) is 4.90 Å². The summed E-state index contributed by atoms with van der Waals surface area (Å²) in [5, 5.41) is 3.90. The molecule has 8 heteroatoms. The fourth-order valence-electron chi connectivity index (χ4n) is 6.13. The number of carbonyl (C=O) groups excluding carboxylic acids is 3. The van der Waals surface area contributed by atoms with E-state index in [2.05, 4.69) is 10.3 Å². The number of para-hydroxylation sites is 2. The Morgan fingerprint density at radius 2 is 1.64 bits per heavy atom. The number of hydrogen-bond donors (Lipinski definition) is 2. The molecular weight excluding hydrogens is 531 g/mol. The van der Waals surface area contributed by atoms with Crippen LogP contribution in [0.1, 0.15) is 44.3 Å². The summed E-state index contributed by atoms with van der Waals surface area (Å²) >= 11 is 0. The molecule has 2 N–H and O–H groups in total. The lowest BCUT2D eigenvalue weighted by Crippen LogP contribution is -2.44. The second-order valence-electron chi connectivity index (χ2n) is 10.8. The Kier molecular flexibility index (Phi) is 6.12. The van der Waals surface area contributed by atoms with E-state index in [1.165, 1.54) is 12.1 Å². The molecule has 2 aliphatic heterocycles. The number of nitrogens with one attached hydrogen (secondary N) is 2. The average Bonchev–Trinajstić information content (AvgIpc) is 3.50. The summed E-state index contributed by atoms with van der Waals surface area (Å²) in [6, 6.07) is 26.4.